The second-order valence-corrected chi connectivity index (χ2v) is 78.5. The molecule has 3 fully saturated rings. The third-order valence-electron chi connectivity index (χ3n) is 28.3. The number of aliphatic hydroxyl groups excluding tert-OH is 1. The van der Waals surface area contributed by atoms with Crippen molar-refractivity contribution in [3.05, 3.63) is 203 Å². The number of hydrogen-bond donors (Lipinski definition) is 9. The molecule has 826 valence electrons. The summed E-state index contributed by atoms with van der Waals surface area (Å²) in [6.07, 6.45) is 0.395. The summed E-state index contributed by atoms with van der Waals surface area (Å²) in [5, 5.41) is 31.8. The van der Waals surface area contributed by atoms with Gasteiger partial charge in [0.05, 0.1) is 73.0 Å². The Labute approximate surface area is 894 Å². The first-order valence-corrected chi connectivity index (χ1v) is 68.8. The lowest BCUT2D eigenvalue weighted by Crippen LogP contribution is -2.48. The van der Waals surface area contributed by atoms with Crippen LogP contribution in [0.5, 0.6) is 0 Å². The Balaban J connectivity index is 0.000000349. The number of rotatable bonds is 30. The highest BCUT2D eigenvalue weighted by atomic mass is 127. The molecule has 12 unspecified atom stereocenters. The molecule has 6 heterocycles. The van der Waals surface area contributed by atoms with Gasteiger partial charge in [0.25, 0.3) is 16.7 Å². The van der Waals surface area contributed by atoms with Crippen molar-refractivity contribution in [3.8, 4) is 23.7 Å². The fraction of sp³-hybridized carbons (Fsp3) is 0.632. The van der Waals surface area contributed by atoms with E-state index in [2.05, 4.69) is 252 Å². The number of ether oxygens (including phenoxy) is 6. The molecule has 3 aromatic heterocycles. The fourth-order valence-corrected chi connectivity index (χ4v) is 21.0. The van der Waals surface area contributed by atoms with Gasteiger partial charge in [-0.05, 0) is 190 Å². The van der Waals surface area contributed by atoms with Crippen molar-refractivity contribution in [1.82, 2.24) is 39.3 Å². The zero-order chi connectivity index (χ0) is 113. The summed E-state index contributed by atoms with van der Waals surface area (Å²) in [5.74, 6) is 8.00. The van der Waals surface area contributed by atoms with Crippen molar-refractivity contribution in [1.29, 1.82) is 0 Å². The summed E-state index contributed by atoms with van der Waals surface area (Å²) in [6.45, 7) is 76.8. The minimum Gasteiger partial charge on any atom is -0.481 e. The molecule has 0 radical (unpaired) electrons. The van der Waals surface area contributed by atoms with Gasteiger partial charge in [-0.15, -0.1) is 0 Å². The highest BCUT2D eigenvalue weighted by Crippen LogP contribution is 2.47. The van der Waals surface area contributed by atoms with Crippen LogP contribution in [0.15, 0.2) is 138 Å². The van der Waals surface area contributed by atoms with Gasteiger partial charge in [0.2, 0.25) is 0 Å². The number of alkyl carbamates (subject to hydrolysis) is 2. The molecule has 42 heteroatoms. The predicted octanol–water partition coefficient (Wildman–Crippen LogP) is 19.1. The first-order chi connectivity index (χ1) is 67.5. The molecule has 10 N–H and O–H groups in total. The highest BCUT2D eigenvalue weighted by Gasteiger charge is 2.52. The van der Waals surface area contributed by atoms with Crippen molar-refractivity contribution < 1.29 is 94.3 Å². The fourth-order valence-electron chi connectivity index (χ4n) is 13.4. The molecule has 148 heavy (non-hydrogen) atoms. The maximum Gasteiger partial charge on any atom is 0.408 e. The quantitative estimate of drug-likeness (QED) is 0.00665. The molecule has 0 saturated carbocycles. The van der Waals surface area contributed by atoms with Crippen LogP contribution >= 0.6 is 22.6 Å². The van der Waals surface area contributed by atoms with E-state index in [0.29, 0.717) is 48.2 Å². The summed E-state index contributed by atoms with van der Waals surface area (Å²) in [6, 6.07) is 25.5. The van der Waals surface area contributed by atoms with E-state index >= 15 is 0 Å². The minimum absolute atomic E-state index is 0.000873. The van der Waals surface area contributed by atoms with Gasteiger partial charge in [0.1, 0.15) is 65.9 Å². The number of hydrogen-bond acceptors (Lipinski definition) is 25. The number of nitrogens with two attached hydrogens (primary N) is 1. The maximum atomic E-state index is 13.1. The topological polar surface area (TPSA) is 471 Å². The number of aliphatic carboxylic acids is 2. The third kappa shape index (κ3) is 40.4. The van der Waals surface area contributed by atoms with Gasteiger partial charge in [0.15, 0.2) is 56.5 Å². The monoisotopic (exact) mass is 2280 g/mol. The maximum absolute atomic E-state index is 13.1. The Morgan fingerprint density at radius 3 is 0.993 bits per heavy atom. The molecule has 35 nitrogen and oxygen atoms in total. The number of carbonyl (C=O) groups excluding carboxylic acids is 3. The molecular weight excluding hydrogens is 2110 g/mol. The van der Waals surface area contributed by atoms with Crippen LogP contribution < -0.4 is 50.1 Å². The normalized spacial score (nSPS) is 19.2. The summed E-state index contributed by atoms with van der Waals surface area (Å²) in [5.41, 5.74) is 3.37. The summed E-state index contributed by atoms with van der Waals surface area (Å²) in [4.78, 5) is 140. The van der Waals surface area contributed by atoms with Gasteiger partial charge in [0, 0.05) is 43.9 Å². The van der Waals surface area contributed by atoms with Gasteiger partial charge in [-0.25, -0.2) is 24.0 Å². The lowest BCUT2D eigenvalue weighted by atomic mass is 10.0. The molecule has 0 spiro atoms. The summed E-state index contributed by atoms with van der Waals surface area (Å²) in [7, 11) is -12.5. The Kier molecular flexibility index (Phi) is 46.7. The number of nitrogens with one attached hydrogen (secondary N) is 5. The molecule has 3 aromatic carbocycles. The largest absolute Gasteiger partial charge is 0.481 e. The first-order valence-electron chi connectivity index (χ1n) is 50.2. The Morgan fingerprint density at radius 1 is 0.419 bits per heavy atom. The number of carboxylic acid groups (broad SMARTS) is 2. The predicted molar refractivity (Wildman–Crippen MR) is 599 cm³/mol. The Hall–Kier alpha value is -8.64. The van der Waals surface area contributed by atoms with E-state index in [1.165, 1.54) is 26.1 Å². The molecule has 6 aromatic rings. The van der Waals surface area contributed by atoms with Crippen molar-refractivity contribution >= 4 is 103 Å². The first kappa shape index (κ1) is 130. The van der Waals surface area contributed by atoms with Gasteiger partial charge in [-0.3, -0.25) is 57.4 Å². The third-order valence-corrected chi connectivity index (χ3v) is 56.1. The lowest BCUT2D eigenvalue weighted by molar-refractivity contribution is -0.143. The number of aliphatic hydroxyl groups is 1. The van der Waals surface area contributed by atoms with Crippen LogP contribution in [-0.4, -0.2) is 205 Å². The summed E-state index contributed by atoms with van der Waals surface area (Å²) >= 11 is 1.93. The molecule has 2 amide bonds. The average molecular weight is 2280 g/mol. The lowest BCUT2D eigenvalue weighted by Gasteiger charge is -2.40. The van der Waals surface area contributed by atoms with Crippen LogP contribution in [0.4, 0.5) is 9.59 Å². The van der Waals surface area contributed by atoms with Gasteiger partial charge >= 0.3 is 47.2 Å². The van der Waals surface area contributed by atoms with Crippen molar-refractivity contribution in [2.24, 2.45) is 5.73 Å². The van der Waals surface area contributed by atoms with Crippen LogP contribution in [0.25, 0.3) is 0 Å². The van der Waals surface area contributed by atoms with Gasteiger partial charge in [-0.1, -0.05) is 239 Å². The Morgan fingerprint density at radius 2 is 0.703 bits per heavy atom. The van der Waals surface area contributed by atoms with E-state index < -0.39 is 162 Å². The molecule has 3 aliphatic heterocycles. The second-order valence-electron chi connectivity index (χ2n) is 48.7. The molecule has 12 atom stereocenters. The van der Waals surface area contributed by atoms with Crippen LogP contribution in [0, 0.1) is 27.3 Å². The molecule has 0 bridgehead atoms. The minimum atomic E-state index is -2.23. The van der Waals surface area contributed by atoms with Gasteiger partial charge < -0.3 is 86.7 Å². The van der Waals surface area contributed by atoms with E-state index in [1.807, 2.05) is 65.1 Å². The molecular formula is C106H170IN9O26Si6. The number of halogens is 1. The summed E-state index contributed by atoms with van der Waals surface area (Å²) < 4.78 is 79.4. The zero-order valence-electron chi connectivity index (χ0n) is 94.1. The second kappa shape index (κ2) is 53.3. The van der Waals surface area contributed by atoms with Crippen molar-refractivity contribution in [3.63, 3.8) is 0 Å². The van der Waals surface area contributed by atoms with Gasteiger partial charge in [-0.2, -0.15) is 0 Å². The van der Waals surface area contributed by atoms with E-state index in [-0.39, 0.29) is 110 Å². The van der Waals surface area contributed by atoms with Crippen LogP contribution in [-0.2, 0) is 69.4 Å². The van der Waals surface area contributed by atoms with Crippen LogP contribution in [0.2, 0.25) is 109 Å². The molecule has 3 aliphatic rings. The van der Waals surface area contributed by atoms with E-state index in [9.17, 15) is 52.7 Å². The van der Waals surface area contributed by atoms with E-state index in [0.717, 1.165) is 11.1 Å². The number of carboxylic acids is 2. The van der Waals surface area contributed by atoms with E-state index in [1.54, 1.807) is 96.3 Å². The number of esters is 1. The average Bonchev–Trinajstić information content (AvgIpc) is 1.75. The smallest absolute Gasteiger partial charge is 0.408 e. The van der Waals surface area contributed by atoms with Crippen LogP contribution in [0.3, 0.4) is 0 Å². The number of benzene rings is 3. The number of H-pyrrole nitrogens is 3. The number of aromatic nitrogens is 6. The molecule has 3 saturated heterocycles. The number of amides is 2. The highest BCUT2D eigenvalue weighted by molar-refractivity contribution is 14.1. The van der Waals surface area contributed by atoms with Crippen molar-refractivity contribution in [2.75, 3.05) is 33.0 Å². The van der Waals surface area contributed by atoms with E-state index in [4.69, 9.17) is 76.0 Å². The molecule has 9 rings (SSSR count). The van der Waals surface area contributed by atoms with Crippen LogP contribution in [0.1, 0.15) is 269 Å². The number of aromatic amines is 3. The van der Waals surface area contributed by atoms with Crippen molar-refractivity contribution in [2.45, 2.75) is 398 Å². The number of carbonyl (C=O) groups is 5. The SMILES string of the molecule is CC(C)(C)OC(=O)NC(CC(=O)O)c1ccccc1.CC(C)(C)OC(=O)NC(CC(=O)OCC#Cc1cn(C2CC(O[Si](C)(C)C(C)(C)C)C(CO[Si](C)(C)C(C)(C)C)O2)c(=O)[nH]c1=O)c1ccccc1.CC(C)(C)[Si](C)(C)OCC1OC(n2cc(C#CCO)c(=O)[nH]c2=O)CC1O[Si](C)(C)C(C)(C)C.CC(C)(C)[Si](C)(C)OCC1OC(n2cc(I)c(=O)[nH]c2=O)CC1O[Si](C)(C)C(C)(C)C.NC(CC(=O)O)c1ccccc1. The number of nitrogens with zero attached hydrogens (tertiary/aromatic N) is 3. The molecule has 0 aliphatic carbocycles. The zero-order valence-corrected chi connectivity index (χ0v) is 102. The Bertz CT molecular complexity index is 5890. The standard InChI is InChI=1S/C38H59N3O9Si2.C24H42N2O6Si2.C21H39IN2O5Si2.C14H19NO4.C9H11NO2/c1-36(2,3)49-35(45)39-28(26-18-15-14-16-19-26)22-32(42)46-21-17-20-27-24-41(34(44)40-33(27)43)31-23-29(50-52(12,13)38(7,8)9)30(48-31)25-47-51(10,11)37(4,5)6;1-23(2,3)33(7,8)30-16-19-18(32-34(9,10)24(4,5)6)14-20(31-19)26-15-17(12-11-13-27)21(28)25-22(26)29;1-20(2,3)30(7,8)27-13-16-15(29-31(9,10)21(4,5)6)11-17(28-16)24-12-14(22)18(25)23-19(24)26;1-14(2,3)19-13(18)15-11(9-12(16)17)10-7-5-4-6-8-10;10-8(6-9(11)12)7-4-2-1-3-5-7/h14-16,18-19,24,28-31H,21-23,25H2,1-13H3,(H,39,45)(H,40,43,44);15,18-20,27H,13-14,16H2,1-10H3,(H,25,28,29);12,15-17H,11,13H2,1-10H3,(H,23,25,26);4-8,11H,9H2,1-3H3,(H,15,18)(H,16,17);1-5,8H,6,10H2,(H,11,12).